The van der Waals surface area contributed by atoms with E-state index in [1.807, 2.05) is 74.5 Å². The van der Waals surface area contributed by atoms with Gasteiger partial charge in [0.05, 0.1) is 0 Å². The molecule has 1 heterocycles. The molecule has 1 aliphatic rings. The number of thioether (sulfide) groups is 1. The van der Waals surface area contributed by atoms with Gasteiger partial charge in [0.15, 0.2) is 0 Å². The lowest BCUT2D eigenvalue weighted by Gasteiger charge is -2.30. The molecule has 1 aliphatic heterocycles. The molecule has 1 N–H and O–H groups in total. The molecule has 2 aromatic rings. The number of hydrogen-bond donors (Lipinski definition) is 1. The standard InChI is InChI=1S/C21H24N2O2S/c1-15(2)20(25)23-18(14-26-21(23)17-11-7-4-8-12-17)19(24)22-13-16-9-5-3-6-10-16/h3-12,15,18,21H,13-14H2,1-2H3,(H,22,24). The molecule has 0 aliphatic carbocycles. The van der Waals surface area contributed by atoms with Gasteiger partial charge in [-0.15, -0.1) is 11.8 Å². The van der Waals surface area contributed by atoms with Crippen molar-refractivity contribution in [2.75, 3.05) is 5.75 Å². The Labute approximate surface area is 159 Å². The topological polar surface area (TPSA) is 49.4 Å². The molecular weight excluding hydrogens is 344 g/mol. The van der Waals surface area contributed by atoms with Crippen molar-refractivity contribution in [1.29, 1.82) is 0 Å². The van der Waals surface area contributed by atoms with E-state index >= 15 is 0 Å². The first-order chi connectivity index (χ1) is 12.6. The summed E-state index contributed by atoms with van der Waals surface area (Å²) in [5.41, 5.74) is 2.11. The smallest absolute Gasteiger partial charge is 0.243 e. The lowest BCUT2D eigenvalue weighted by molar-refractivity contribution is -0.142. The van der Waals surface area contributed by atoms with E-state index in [1.54, 1.807) is 16.7 Å². The number of amides is 2. The minimum absolute atomic E-state index is 0.0173. The summed E-state index contributed by atoms with van der Waals surface area (Å²) in [7, 11) is 0. The predicted molar refractivity (Wildman–Crippen MR) is 105 cm³/mol. The molecule has 26 heavy (non-hydrogen) atoms. The van der Waals surface area contributed by atoms with Gasteiger partial charge in [0.2, 0.25) is 11.8 Å². The van der Waals surface area contributed by atoms with Gasteiger partial charge < -0.3 is 10.2 Å². The maximum absolute atomic E-state index is 12.9. The van der Waals surface area contributed by atoms with Crippen LogP contribution in [-0.2, 0) is 16.1 Å². The molecule has 0 radical (unpaired) electrons. The monoisotopic (exact) mass is 368 g/mol. The van der Waals surface area contributed by atoms with E-state index in [2.05, 4.69) is 5.32 Å². The van der Waals surface area contributed by atoms with Crippen molar-refractivity contribution in [3.8, 4) is 0 Å². The summed E-state index contributed by atoms with van der Waals surface area (Å²) in [5.74, 6) is 0.389. The van der Waals surface area contributed by atoms with E-state index in [0.717, 1.165) is 11.1 Å². The summed E-state index contributed by atoms with van der Waals surface area (Å²) < 4.78 is 0. The van der Waals surface area contributed by atoms with Crippen molar-refractivity contribution < 1.29 is 9.59 Å². The van der Waals surface area contributed by atoms with Gasteiger partial charge in [-0.25, -0.2) is 0 Å². The first kappa shape index (κ1) is 18.5. The van der Waals surface area contributed by atoms with Crippen molar-refractivity contribution in [2.45, 2.75) is 31.8 Å². The second-order valence-electron chi connectivity index (χ2n) is 6.72. The van der Waals surface area contributed by atoms with Crippen molar-refractivity contribution in [3.63, 3.8) is 0 Å². The summed E-state index contributed by atoms with van der Waals surface area (Å²) in [4.78, 5) is 27.4. The Kier molecular flexibility index (Phi) is 5.99. The summed E-state index contributed by atoms with van der Waals surface area (Å²) in [6.45, 7) is 4.24. The Balaban J connectivity index is 1.76. The molecular formula is C21H24N2O2S. The first-order valence-corrected chi connectivity index (χ1v) is 9.93. The predicted octanol–water partition coefficient (Wildman–Crippen LogP) is 3.60. The van der Waals surface area contributed by atoms with Crippen molar-refractivity contribution in [1.82, 2.24) is 10.2 Å². The first-order valence-electron chi connectivity index (χ1n) is 8.88. The van der Waals surface area contributed by atoms with E-state index in [0.29, 0.717) is 12.3 Å². The third-order valence-electron chi connectivity index (χ3n) is 4.45. The minimum atomic E-state index is -0.441. The zero-order chi connectivity index (χ0) is 18.5. The van der Waals surface area contributed by atoms with Gasteiger partial charge in [0.1, 0.15) is 11.4 Å². The number of carbonyl (C=O) groups is 2. The van der Waals surface area contributed by atoms with Crippen LogP contribution >= 0.6 is 11.8 Å². The van der Waals surface area contributed by atoms with Gasteiger partial charge in [-0.1, -0.05) is 74.5 Å². The van der Waals surface area contributed by atoms with Crippen molar-refractivity contribution >= 4 is 23.6 Å². The fourth-order valence-corrected chi connectivity index (χ4v) is 4.49. The Bertz CT molecular complexity index is 749. The van der Waals surface area contributed by atoms with Crippen LogP contribution in [0.1, 0.15) is 30.3 Å². The molecule has 136 valence electrons. The lowest BCUT2D eigenvalue weighted by atomic mass is 10.1. The Morgan fingerprint density at radius 3 is 2.31 bits per heavy atom. The van der Waals surface area contributed by atoms with E-state index in [4.69, 9.17) is 0 Å². The number of hydrogen-bond acceptors (Lipinski definition) is 3. The maximum atomic E-state index is 12.9. The van der Waals surface area contributed by atoms with E-state index in [9.17, 15) is 9.59 Å². The van der Waals surface area contributed by atoms with Crippen molar-refractivity contribution in [2.24, 2.45) is 5.92 Å². The average molecular weight is 369 g/mol. The van der Waals surface area contributed by atoms with Crippen LogP contribution in [0.15, 0.2) is 60.7 Å². The van der Waals surface area contributed by atoms with Gasteiger partial charge >= 0.3 is 0 Å². The number of nitrogens with one attached hydrogen (secondary N) is 1. The van der Waals surface area contributed by atoms with Gasteiger partial charge in [-0.3, -0.25) is 9.59 Å². The highest BCUT2D eigenvalue weighted by Crippen LogP contribution is 2.42. The van der Waals surface area contributed by atoms with Crippen molar-refractivity contribution in [3.05, 3.63) is 71.8 Å². The molecule has 2 atom stereocenters. The molecule has 5 heteroatoms. The largest absolute Gasteiger partial charge is 0.350 e. The number of nitrogens with zero attached hydrogens (tertiary/aromatic N) is 1. The van der Waals surface area contributed by atoms with Crippen LogP contribution in [0.2, 0.25) is 0 Å². The Hall–Kier alpha value is -2.27. The van der Waals surface area contributed by atoms with Crippen LogP contribution in [0, 0.1) is 5.92 Å². The zero-order valence-electron chi connectivity index (χ0n) is 15.1. The summed E-state index contributed by atoms with van der Waals surface area (Å²) in [6.07, 6.45) is 0. The molecule has 1 saturated heterocycles. The lowest BCUT2D eigenvalue weighted by Crippen LogP contribution is -2.49. The number of benzene rings is 2. The van der Waals surface area contributed by atoms with Crippen LogP contribution < -0.4 is 5.32 Å². The fourth-order valence-electron chi connectivity index (χ4n) is 3.05. The summed E-state index contributed by atoms with van der Waals surface area (Å²) >= 11 is 1.65. The van der Waals surface area contributed by atoms with E-state index < -0.39 is 6.04 Å². The van der Waals surface area contributed by atoms with Gasteiger partial charge in [0, 0.05) is 18.2 Å². The molecule has 3 rings (SSSR count). The average Bonchev–Trinajstić information content (AvgIpc) is 3.12. The van der Waals surface area contributed by atoms with Crippen LogP contribution in [0.3, 0.4) is 0 Å². The maximum Gasteiger partial charge on any atom is 0.243 e. The van der Waals surface area contributed by atoms with Crippen LogP contribution in [0.25, 0.3) is 0 Å². The SMILES string of the molecule is CC(C)C(=O)N1C(C(=O)NCc2ccccc2)CSC1c1ccccc1. The van der Waals surface area contributed by atoms with Crippen LogP contribution in [0.4, 0.5) is 0 Å². The summed E-state index contributed by atoms with van der Waals surface area (Å²) in [6, 6.07) is 19.3. The number of carbonyl (C=O) groups excluding carboxylic acids is 2. The van der Waals surface area contributed by atoms with E-state index in [1.165, 1.54) is 0 Å². The minimum Gasteiger partial charge on any atom is -0.350 e. The van der Waals surface area contributed by atoms with E-state index in [-0.39, 0.29) is 23.1 Å². The van der Waals surface area contributed by atoms with Crippen LogP contribution in [-0.4, -0.2) is 28.5 Å². The summed E-state index contributed by atoms with van der Waals surface area (Å²) in [5, 5.41) is 2.88. The molecule has 0 bridgehead atoms. The second-order valence-corrected chi connectivity index (χ2v) is 7.83. The highest BCUT2D eigenvalue weighted by Gasteiger charge is 2.42. The second kappa shape index (κ2) is 8.41. The van der Waals surface area contributed by atoms with Crippen LogP contribution in [0.5, 0.6) is 0 Å². The molecule has 2 unspecified atom stereocenters. The molecule has 0 aromatic heterocycles. The molecule has 2 aromatic carbocycles. The van der Waals surface area contributed by atoms with Gasteiger partial charge in [-0.05, 0) is 11.1 Å². The molecule has 0 spiro atoms. The Morgan fingerprint density at radius 2 is 1.69 bits per heavy atom. The molecule has 0 saturated carbocycles. The van der Waals surface area contributed by atoms with Gasteiger partial charge in [-0.2, -0.15) is 0 Å². The molecule has 2 amide bonds. The quantitative estimate of drug-likeness (QED) is 0.877. The third-order valence-corrected chi connectivity index (χ3v) is 5.77. The highest BCUT2D eigenvalue weighted by molar-refractivity contribution is 7.99. The highest BCUT2D eigenvalue weighted by atomic mass is 32.2. The fraction of sp³-hybridized carbons (Fsp3) is 0.333. The Morgan fingerprint density at radius 1 is 1.08 bits per heavy atom. The third kappa shape index (κ3) is 4.10. The number of rotatable bonds is 5. The van der Waals surface area contributed by atoms with Gasteiger partial charge in [0.25, 0.3) is 0 Å². The zero-order valence-corrected chi connectivity index (χ0v) is 15.9. The molecule has 4 nitrogen and oxygen atoms in total. The molecule has 1 fully saturated rings. The normalized spacial score (nSPS) is 19.6.